The van der Waals surface area contributed by atoms with Crippen molar-refractivity contribution in [2.45, 2.75) is 6.18 Å². The van der Waals surface area contributed by atoms with E-state index in [-0.39, 0.29) is 4.47 Å². The lowest BCUT2D eigenvalue weighted by Gasteiger charge is -2.11. The predicted octanol–water partition coefficient (Wildman–Crippen LogP) is 5.46. The van der Waals surface area contributed by atoms with Gasteiger partial charge in [0.2, 0.25) is 0 Å². The van der Waals surface area contributed by atoms with E-state index in [1.54, 1.807) is 0 Å². The second-order valence-corrected chi connectivity index (χ2v) is 5.02. The van der Waals surface area contributed by atoms with E-state index < -0.39 is 39.8 Å². The average molecular weight is 373 g/mol. The molecule has 0 radical (unpaired) electrons. The summed E-state index contributed by atoms with van der Waals surface area (Å²) in [6, 6.07) is 3.14. The highest BCUT2D eigenvalue weighted by molar-refractivity contribution is 9.10. The van der Waals surface area contributed by atoms with Crippen LogP contribution in [0.2, 0.25) is 5.15 Å². The Bertz CT molecular complexity index is 672. The summed E-state index contributed by atoms with van der Waals surface area (Å²) in [5.74, 6) is -2.08. The number of benzene rings is 1. The van der Waals surface area contributed by atoms with Gasteiger partial charge >= 0.3 is 6.18 Å². The van der Waals surface area contributed by atoms with Crippen molar-refractivity contribution in [2.75, 3.05) is 0 Å². The Morgan fingerprint density at radius 2 is 1.75 bits per heavy atom. The first-order chi connectivity index (χ1) is 9.20. The molecule has 0 spiro atoms. The number of pyridine rings is 1. The van der Waals surface area contributed by atoms with Gasteiger partial charge in [-0.3, -0.25) is 0 Å². The largest absolute Gasteiger partial charge is 0.416 e. The second-order valence-electron chi connectivity index (χ2n) is 3.78. The quantitative estimate of drug-likeness (QED) is 0.368. The minimum atomic E-state index is -4.69. The van der Waals surface area contributed by atoms with Gasteiger partial charge in [-0.2, -0.15) is 13.2 Å². The molecule has 0 saturated carbocycles. The van der Waals surface area contributed by atoms with Gasteiger partial charge in [-0.1, -0.05) is 11.6 Å². The molecule has 0 amide bonds. The first-order valence-corrected chi connectivity index (χ1v) is 6.26. The molecule has 0 aliphatic rings. The molecule has 0 aliphatic carbocycles. The van der Waals surface area contributed by atoms with Gasteiger partial charge in [0.1, 0.15) is 16.8 Å². The SMILES string of the molecule is Fc1ccc(Br)c(F)c1-c1cc(C(F)(F)F)cc(Cl)n1. The van der Waals surface area contributed by atoms with E-state index in [4.69, 9.17) is 11.6 Å². The van der Waals surface area contributed by atoms with Crippen LogP contribution in [0.15, 0.2) is 28.7 Å². The summed E-state index contributed by atoms with van der Waals surface area (Å²) < 4.78 is 65.4. The molecule has 1 nitrogen and oxygen atoms in total. The van der Waals surface area contributed by atoms with Crippen LogP contribution in [0.4, 0.5) is 22.0 Å². The Balaban J connectivity index is 2.71. The topological polar surface area (TPSA) is 12.9 Å². The fourth-order valence-electron chi connectivity index (χ4n) is 1.55. The zero-order valence-electron chi connectivity index (χ0n) is 9.40. The number of hydrogen-bond acceptors (Lipinski definition) is 1. The lowest BCUT2D eigenvalue weighted by Crippen LogP contribution is -2.06. The highest BCUT2D eigenvalue weighted by Gasteiger charge is 2.32. The van der Waals surface area contributed by atoms with E-state index in [9.17, 15) is 22.0 Å². The van der Waals surface area contributed by atoms with Crippen LogP contribution in [0.25, 0.3) is 11.3 Å². The molecular formula is C12H4BrClF5N. The van der Waals surface area contributed by atoms with Gasteiger partial charge in [0.15, 0.2) is 0 Å². The normalized spacial score (nSPS) is 11.8. The molecule has 0 fully saturated rings. The summed E-state index contributed by atoms with van der Waals surface area (Å²) in [5.41, 5.74) is -2.33. The molecule has 1 heterocycles. The first-order valence-electron chi connectivity index (χ1n) is 5.09. The fourth-order valence-corrected chi connectivity index (χ4v) is 2.09. The van der Waals surface area contributed by atoms with Gasteiger partial charge in [0, 0.05) is 0 Å². The fraction of sp³-hybridized carbons (Fsp3) is 0.0833. The Morgan fingerprint density at radius 3 is 2.35 bits per heavy atom. The summed E-state index contributed by atoms with van der Waals surface area (Å²) >= 11 is 8.31. The maximum atomic E-state index is 13.9. The van der Waals surface area contributed by atoms with Gasteiger partial charge < -0.3 is 0 Å². The van der Waals surface area contributed by atoms with Crippen molar-refractivity contribution in [3.63, 3.8) is 0 Å². The smallest absolute Gasteiger partial charge is 0.236 e. The third-order valence-corrected chi connectivity index (χ3v) is 3.23. The van der Waals surface area contributed by atoms with E-state index in [1.165, 1.54) is 0 Å². The summed E-state index contributed by atoms with van der Waals surface area (Å²) in [4.78, 5) is 3.54. The standard InChI is InChI=1S/C12H4BrClF5N/c13-6-1-2-7(15)10(11(6)16)8-3-5(12(17,18)19)4-9(14)20-8/h1-4H. The van der Waals surface area contributed by atoms with E-state index in [1.807, 2.05) is 0 Å². The lowest BCUT2D eigenvalue weighted by atomic mass is 10.1. The molecule has 1 aromatic heterocycles. The van der Waals surface area contributed by atoms with Crippen LogP contribution in [-0.4, -0.2) is 4.98 Å². The van der Waals surface area contributed by atoms with Crippen molar-refractivity contribution in [3.05, 3.63) is 51.1 Å². The molecule has 1 aromatic carbocycles. The first kappa shape index (κ1) is 15.2. The van der Waals surface area contributed by atoms with Crippen molar-refractivity contribution >= 4 is 27.5 Å². The van der Waals surface area contributed by atoms with Gasteiger partial charge in [0.05, 0.1) is 21.3 Å². The van der Waals surface area contributed by atoms with Crippen LogP contribution in [0.5, 0.6) is 0 Å². The third kappa shape index (κ3) is 2.93. The van der Waals surface area contributed by atoms with E-state index >= 15 is 0 Å². The maximum Gasteiger partial charge on any atom is 0.416 e. The number of aromatic nitrogens is 1. The predicted molar refractivity (Wildman–Crippen MR) is 67.3 cm³/mol. The Labute approximate surface area is 123 Å². The highest BCUT2D eigenvalue weighted by atomic mass is 79.9. The van der Waals surface area contributed by atoms with E-state index in [0.29, 0.717) is 12.1 Å². The monoisotopic (exact) mass is 371 g/mol. The van der Waals surface area contributed by atoms with Crippen molar-refractivity contribution in [1.29, 1.82) is 0 Å². The maximum absolute atomic E-state index is 13.9. The van der Waals surface area contributed by atoms with Crippen LogP contribution in [-0.2, 0) is 6.18 Å². The van der Waals surface area contributed by atoms with Gasteiger partial charge in [-0.25, -0.2) is 13.8 Å². The van der Waals surface area contributed by atoms with Crippen molar-refractivity contribution < 1.29 is 22.0 Å². The molecule has 8 heteroatoms. The summed E-state index contributed by atoms with van der Waals surface area (Å²) in [6.45, 7) is 0. The van der Waals surface area contributed by atoms with E-state index in [0.717, 1.165) is 12.1 Å². The van der Waals surface area contributed by atoms with Crippen molar-refractivity contribution in [1.82, 2.24) is 4.98 Å². The summed E-state index contributed by atoms with van der Waals surface area (Å²) in [7, 11) is 0. The zero-order chi connectivity index (χ0) is 15.1. The molecule has 0 atom stereocenters. The number of alkyl halides is 3. The van der Waals surface area contributed by atoms with Crippen LogP contribution < -0.4 is 0 Å². The molecule has 0 saturated heterocycles. The van der Waals surface area contributed by atoms with E-state index in [2.05, 4.69) is 20.9 Å². The van der Waals surface area contributed by atoms with Gasteiger partial charge in [-0.15, -0.1) is 0 Å². The van der Waals surface area contributed by atoms with Crippen LogP contribution in [0.1, 0.15) is 5.56 Å². The second kappa shape index (κ2) is 5.29. The van der Waals surface area contributed by atoms with Crippen LogP contribution >= 0.6 is 27.5 Å². The van der Waals surface area contributed by atoms with Crippen LogP contribution in [0.3, 0.4) is 0 Å². The van der Waals surface area contributed by atoms with Gasteiger partial charge in [-0.05, 0) is 40.2 Å². The zero-order valence-corrected chi connectivity index (χ0v) is 11.7. The minimum absolute atomic E-state index is 0.0933. The number of nitrogens with zero attached hydrogens (tertiary/aromatic N) is 1. The Morgan fingerprint density at radius 1 is 1.10 bits per heavy atom. The van der Waals surface area contributed by atoms with Crippen molar-refractivity contribution in [2.24, 2.45) is 0 Å². The van der Waals surface area contributed by atoms with Crippen molar-refractivity contribution in [3.8, 4) is 11.3 Å². The molecule has 0 bridgehead atoms. The molecule has 2 aromatic rings. The molecule has 0 unspecified atom stereocenters. The van der Waals surface area contributed by atoms with Gasteiger partial charge in [0.25, 0.3) is 0 Å². The number of halogens is 7. The highest BCUT2D eigenvalue weighted by Crippen LogP contribution is 2.35. The van der Waals surface area contributed by atoms with Crippen LogP contribution in [0, 0.1) is 11.6 Å². The molecule has 0 aliphatic heterocycles. The Kier molecular flexibility index (Phi) is 4.02. The summed E-state index contributed by atoms with van der Waals surface area (Å²) in [6.07, 6.45) is -4.69. The molecular weight excluding hydrogens is 368 g/mol. The molecule has 0 N–H and O–H groups in total. The Hall–Kier alpha value is -1.21. The molecule has 20 heavy (non-hydrogen) atoms. The average Bonchev–Trinajstić information content (AvgIpc) is 2.33. The molecule has 106 valence electrons. The third-order valence-electron chi connectivity index (χ3n) is 2.42. The lowest BCUT2D eigenvalue weighted by molar-refractivity contribution is -0.137. The molecule has 2 rings (SSSR count). The number of rotatable bonds is 1. The summed E-state index contributed by atoms with van der Waals surface area (Å²) in [5, 5.41) is -0.506. The number of hydrogen-bond donors (Lipinski definition) is 0. The minimum Gasteiger partial charge on any atom is -0.236 e.